The van der Waals surface area contributed by atoms with Crippen LogP contribution in [-0.2, 0) is 4.74 Å². The van der Waals surface area contributed by atoms with Crippen molar-refractivity contribution in [2.45, 2.75) is 19.8 Å². The molecule has 4 heteroatoms. The molecule has 4 nitrogen and oxygen atoms in total. The van der Waals surface area contributed by atoms with E-state index >= 15 is 0 Å². The van der Waals surface area contributed by atoms with Crippen molar-refractivity contribution in [1.29, 1.82) is 0 Å². The van der Waals surface area contributed by atoms with Crippen LogP contribution in [0.15, 0.2) is 30.5 Å². The number of ether oxygens (including phenoxy) is 2. The Morgan fingerprint density at radius 3 is 2.89 bits per heavy atom. The smallest absolute Gasteiger partial charge is 0.130 e. The third-order valence-electron chi connectivity index (χ3n) is 2.89. The molecule has 0 bridgehead atoms. The molecule has 2 N–H and O–H groups in total. The second-order valence-corrected chi connectivity index (χ2v) is 4.37. The molecule has 0 unspecified atom stereocenters. The molecule has 2 rings (SSSR count). The van der Waals surface area contributed by atoms with Crippen molar-refractivity contribution in [3.8, 4) is 5.75 Å². The molecule has 1 aromatic heterocycles. The van der Waals surface area contributed by atoms with Gasteiger partial charge < -0.3 is 15.2 Å². The molecule has 0 saturated heterocycles. The van der Waals surface area contributed by atoms with Crippen LogP contribution >= 0.6 is 0 Å². The molecule has 0 atom stereocenters. The number of pyridine rings is 1. The van der Waals surface area contributed by atoms with Gasteiger partial charge in [-0.15, -0.1) is 0 Å². The van der Waals surface area contributed by atoms with E-state index in [-0.39, 0.29) is 0 Å². The van der Waals surface area contributed by atoms with Crippen LogP contribution in [0.3, 0.4) is 0 Å². The first-order valence-electron chi connectivity index (χ1n) is 6.66. The highest BCUT2D eigenvalue weighted by Crippen LogP contribution is 2.27. The lowest BCUT2D eigenvalue weighted by molar-refractivity contribution is 0.0985. The Morgan fingerprint density at radius 1 is 1.16 bits per heavy atom. The first-order chi connectivity index (χ1) is 9.33. The van der Waals surface area contributed by atoms with Crippen LogP contribution in [0.5, 0.6) is 5.75 Å². The standard InChI is InChI=1S/C15H20N2O2/c1-2-3-9-18-10-11-19-14-7-8-17-15-12(14)5-4-6-13(15)16/h4-8H,2-3,9-11,16H2,1H3. The van der Waals surface area contributed by atoms with Crippen molar-refractivity contribution in [2.75, 3.05) is 25.6 Å². The highest BCUT2D eigenvalue weighted by molar-refractivity contribution is 5.93. The van der Waals surface area contributed by atoms with Crippen molar-refractivity contribution in [3.63, 3.8) is 0 Å². The van der Waals surface area contributed by atoms with Crippen LogP contribution in [0.2, 0.25) is 0 Å². The number of aromatic nitrogens is 1. The van der Waals surface area contributed by atoms with Crippen molar-refractivity contribution in [3.05, 3.63) is 30.5 Å². The average molecular weight is 260 g/mol. The number of nitrogen functional groups attached to an aromatic ring is 1. The Kier molecular flexibility index (Phi) is 4.98. The summed E-state index contributed by atoms with van der Waals surface area (Å²) < 4.78 is 11.2. The Balaban J connectivity index is 1.95. The highest BCUT2D eigenvalue weighted by atomic mass is 16.5. The maximum Gasteiger partial charge on any atom is 0.130 e. The number of rotatable bonds is 7. The van der Waals surface area contributed by atoms with Gasteiger partial charge in [0.05, 0.1) is 17.8 Å². The average Bonchev–Trinajstić information content (AvgIpc) is 2.43. The van der Waals surface area contributed by atoms with Crippen LogP contribution in [0.4, 0.5) is 5.69 Å². The number of fused-ring (bicyclic) bond motifs is 1. The fraction of sp³-hybridized carbons (Fsp3) is 0.400. The predicted octanol–water partition coefficient (Wildman–Crippen LogP) is 3.01. The number of unbranched alkanes of at least 4 members (excludes halogenated alkanes) is 1. The van der Waals surface area contributed by atoms with E-state index in [0.717, 1.165) is 36.1 Å². The minimum Gasteiger partial charge on any atom is -0.490 e. The van der Waals surface area contributed by atoms with Gasteiger partial charge in [0, 0.05) is 18.2 Å². The lowest BCUT2D eigenvalue weighted by atomic mass is 10.2. The normalized spacial score (nSPS) is 10.8. The van der Waals surface area contributed by atoms with Crippen molar-refractivity contribution in [1.82, 2.24) is 4.98 Å². The first-order valence-corrected chi connectivity index (χ1v) is 6.66. The Labute approximate surface area is 113 Å². The summed E-state index contributed by atoms with van der Waals surface area (Å²) in [5, 5.41) is 0.941. The van der Waals surface area contributed by atoms with Gasteiger partial charge in [-0.05, 0) is 24.6 Å². The van der Waals surface area contributed by atoms with Crippen LogP contribution in [0, 0.1) is 0 Å². The van der Waals surface area contributed by atoms with E-state index in [4.69, 9.17) is 15.2 Å². The van der Waals surface area contributed by atoms with E-state index in [0.29, 0.717) is 18.9 Å². The second-order valence-electron chi connectivity index (χ2n) is 4.37. The lowest BCUT2D eigenvalue weighted by Crippen LogP contribution is -2.07. The van der Waals surface area contributed by atoms with E-state index < -0.39 is 0 Å². The van der Waals surface area contributed by atoms with Gasteiger partial charge in [-0.25, -0.2) is 0 Å². The highest BCUT2D eigenvalue weighted by Gasteiger charge is 2.04. The molecule has 0 spiro atoms. The Morgan fingerprint density at radius 2 is 2.05 bits per heavy atom. The summed E-state index contributed by atoms with van der Waals surface area (Å²) in [5.74, 6) is 0.802. The fourth-order valence-electron chi connectivity index (χ4n) is 1.86. The zero-order chi connectivity index (χ0) is 13.5. The number of hydrogen-bond acceptors (Lipinski definition) is 4. The topological polar surface area (TPSA) is 57.4 Å². The van der Waals surface area contributed by atoms with Crippen LogP contribution in [-0.4, -0.2) is 24.8 Å². The van der Waals surface area contributed by atoms with Gasteiger partial charge in [-0.3, -0.25) is 4.98 Å². The van der Waals surface area contributed by atoms with Gasteiger partial charge >= 0.3 is 0 Å². The Hall–Kier alpha value is -1.81. The molecule has 0 amide bonds. The van der Waals surface area contributed by atoms with Gasteiger partial charge in [-0.2, -0.15) is 0 Å². The van der Waals surface area contributed by atoms with E-state index in [9.17, 15) is 0 Å². The van der Waals surface area contributed by atoms with Gasteiger partial charge in [-0.1, -0.05) is 19.4 Å². The molecule has 102 valence electrons. The minimum atomic E-state index is 0.539. The number of para-hydroxylation sites is 1. The van der Waals surface area contributed by atoms with Crippen LogP contribution < -0.4 is 10.5 Å². The lowest BCUT2D eigenvalue weighted by Gasteiger charge is -2.10. The van der Waals surface area contributed by atoms with Crippen molar-refractivity contribution < 1.29 is 9.47 Å². The Bertz CT molecular complexity index is 529. The summed E-state index contributed by atoms with van der Waals surface area (Å²) in [6.45, 7) is 4.08. The number of nitrogens with zero attached hydrogens (tertiary/aromatic N) is 1. The molecule has 0 fully saturated rings. The number of anilines is 1. The molecular weight excluding hydrogens is 240 g/mol. The molecule has 0 aliphatic carbocycles. The zero-order valence-corrected chi connectivity index (χ0v) is 11.3. The second kappa shape index (κ2) is 6.95. The summed E-state index contributed by atoms with van der Waals surface area (Å²) in [6.07, 6.45) is 3.95. The fourth-order valence-corrected chi connectivity index (χ4v) is 1.86. The number of hydrogen-bond donors (Lipinski definition) is 1. The van der Waals surface area contributed by atoms with Gasteiger partial charge in [0.2, 0.25) is 0 Å². The van der Waals surface area contributed by atoms with Crippen LogP contribution in [0.1, 0.15) is 19.8 Å². The van der Waals surface area contributed by atoms with E-state index in [1.165, 1.54) is 0 Å². The molecular formula is C15H20N2O2. The maximum absolute atomic E-state index is 5.89. The van der Waals surface area contributed by atoms with Crippen molar-refractivity contribution in [2.24, 2.45) is 0 Å². The largest absolute Gasteiger partial charge is 0.490 e. The zero-order valence-electron chi connectivity index (χ0n) is 11.3. The van der Waals surface area contributed by atoms with E-state index in [2.05, 4.69) is 11.9 Å². The molecule has 2 aromatic rings. The van der Waals surface area contributed by atoms with Crippen molar-refractivity contribution >= 4 is 16.6 Å². The maximum atomic E-state index is 5.89. The van der Waals surface area contributed by atoms with Gasteiger partial charge in [0.15, 0.2) is 0 Å². The summed E-state index contributed by atoms with van der Waals surface area (Å²) in [7, 11) is 0. The summed E-state index contributed by atoms with van der Waals surface area (Å²) >= 11 is 0. The molecule has 0 saturated carbocycles. The minimum absolute atomic E-state index is 0.539. The third-order valence-corrected chi connectivity index (χ3v) is 2.89. The first kappa shape index (κ1) is 13.6. The molecule has 1 aromatic carbocycles. The summed E-state index contributed by atoms with van der Waals surface area (Å²) in [5.41, 5.74) is 7.34. The summed E-state index contributed by atoms with van der Waals surface area (Å²) in [6, 6.07) is 7.57. The molecule has 0 aliphatic rings. The summed E-state index contributed by atoms with van der Waals surface area (Å²) in [4.78, 5) is 4.27. The number of nitrogens with two attached hydrogens (primary N) is 1. The predicted molar refractivity (Wildman–Crippen MR) is 77.4 cm³/mol. The molecule has 0 radical (unpaired) electrons. The molecule has 19 heavy (non-hydrogen) atoms. The quantitative estimate of drug-likeness (QED) is 0.614. The van der Waals surface area contributed by atoms with Crippen LogP contribution in [0.25, 0.3) is 10.9 Å². The monoisotopic (exact) mass is 260 g/mol. The van der Waals surface area contributed by atoms with Gasteiger partial charge in [0.25, 0.3) is 0 Å². The number of benzene rings is 1. The van der Waals surface area contributed by atoms with Gasteiger partial charge in [0.1, 0.15) is 12.4 Å². The molecule has 1 heterocycles. The SMILES string of the molecule is CCCCOCCOc1ccnc2c(N)cccc12. The third kappa shape index (κ3) is 3.58. The van der Waals surface area contributed by atoms with E-state index in [1.807, 2.05) is 24.3 Å². The molecule has 0 aliphatic heterocycles. The van der Waals surface area contributed by atoms with E-state index in [1.54, 1.807) is 6.20 Å².